The van der Waals surface area contributed by atoms with Gasteiger partial charge >= 0.3 is 5.69 Å². The summed E-state index contributed by atoms with van der Waals surface area (Å²) in [4.78, 5) is 37.8. The summed E-state index contributed by atoms with van der Waals surface area (Å²) < 4.78 is 14.0. The highest BCUT2D eigenvalue weighted by Crippen LogP contribution is 2.27. The SMILES string of the molecule is COCCNC(C)(C)/C=C(/C#N)C(=O)N1CCC[C@H]1Cn1c(=O)n(-c2ccc(Oc3ccccc3)cc2)c2c(N)ncnc21. The zero-order chi connectivity index (χ0) is 31.3. The molecular weight excluding hydrogens is 560 g/mol. The second-order valence-corrected chi connectivity index (χ2v) is 11.2. The first-order valence-corrected chi connectivity index (χ1v) is 14.5. The van der Waals surface area contributed by atoms with Crippen molar-refractivity contribution in [2.24, 2.45) is 0 Å². The number of hydrogen-bond acceptors (Lipinski definition) is 9. The highest BCUT2D eigenvalue weighted by Gasteiger charge is 2.33. The van der Waals surface area contributed by atoms with Gasteiger partial charge in [0.2, 0.25) is 0 Å². The third kappa shape index (κ3) is 6.49. The molecule has 0 unspecified atom stereocenters. The average Bonchev–Trinajstić information content (AvgIpc) is 3.60. The van der Waals surface area contributed by atoms with E-state index in [4.69, 9.17) is 15.2 Å². The number of amides is 1. The number of carbonyl (C=O) groups is 1. The number of nitrogen functional groups attached to an aromatic ring is 1. The number of nitriles is 1. The van der Waals surface area contributed by atoms with Gasteiger partial charge in [-0.2, -0.15) is 5.26 Å². The van der Waals surface area contributed by atoms with Crippen LogP contribution in [0.2, 0.25) is 0 Å². The minimum atomic E-state index is -0.602. The van der Waals surface area contributed by atoms with Crippen LogP contribution in [-0.2, 0) is 16.1 Å². The summed E-state index contributed by atoms with van der Waals surface area (Å²) >= 11 is 0. The van der Waals surface area contributed by atoms with Crippen LogP contribution in [0, 0.1) is 11.3 Å². The number of imidazole rings is 1. The van der Waals surface area contributed by atoms with Gasteiger partial charge in [-0.3, -0.25) is 13.9 Å². The number of hydrogen-bond donors (Lipinski definition) is 2. The van der Waals surface area contributed by atoms with Gasteiger partial charge in [0.05, 0.1) is 18.3 Å². The number of carbonyl (C=O) groups excluding carboxylic acids is 1. The lowest BCUT2D eigenvalue weighted by Gasteiger charge is -2.27. The largest absolute Gasteiger partial charge is 0.457 e. The number of nitrogens with one attached hydrogen (secondary N) is 1. The molecule has 1 saturated heterocycles. The molecule has 2 aromatic carbocycles. The molecule has 0 bridgehead atoms. The first-order chi connectivity index (χ1) is 21.2. The maximum Gasteiger partial charge on any atom is 0.335 e. The molecule has 0 radical (unpaired) electrons. The molecule has 5 rings (SSSR count). The van der Waals surface area contributed by atoms with E-state index in [-0.39, 0.29) is 35.6 Å². The molecule has 0 saturated carbocycles. The van der Waals surface area contributed by atoms with E-state index in [1.54, 1.807) is 42.4 Å². The van der Waals surface area contributed by atoms with Crippen LogP contribution in [0.25, 0.3) is 16.9 Å². The standard InChI is InChI=1S/C32H36N8O4/c1-32(2,37-15-17-43-3)18-22(19-33)30(41)38-16-7-8-24(38)20-39-29-27(28(34)35-21-36-29)40(31(39)42)23-11-13-26(14-12-23)44-25-9-5-4-6-10-25/h4-6,9-14,18,21,24,37H,7-8,15-17,20H2,1-3H3,(H2,34,35,36)/b22-18-/t24-/m0/s1. The Morgan fingerprint density at radius 3 is 2.59 bits per heavy atom. The predicted molar refractivity (Wildman–Crippen MR) is 166 cm³/mol. The molecule has 12 heteroatoms. The van der Waals surface area contributed by atoms with Gasteiger partial charge < -0.3 is 25.4 Å². The highest BCUT2D eigenvalue weighted by atomic mass is 16.5. The second kappa shape index (κ2) is 13.1. The first kappa shape index (κ1) is 30.5. The third-order valence-electron chi connectivity index (χ3n) is 7.58. The molecule has 12 nitrogen and oxygen atoms in total. The zero-order valence-electron chi connectivity index (χ0n) is 25.1. The van der Waals surface area contributed by atoms with Crippen molar-refractivity contribution in [3.05, 3.63) is 83.1 Å². The summed E-state index contributed by atoms with van der Waals surface area (Å²) in [7, 11) is 1.61. The number of methoxy groups -OCH3 is 1. The number of para-hydroxylation sites is 1. The second-order valence-electron chi connectivity index (χ2n) is 11.2. The maximum absolute atomic E-state index is 14.0. The van der Waals surface area contributed by atoms with Crippen LogP contribution < -0.4 is 21.5 Å². The summed E-state index contributed by atoms with van der Waals surface area (Å²) in [5.74, 6) is 1.10. The van der Waals surface area contributed by atoms with Crippen LogP contribution >= 0.6 is 0 Å². The Hall–Kier alpha value is -4.99. The van der Waals surface area contributed by atoms with E-state index in [1.807, 2.05) is 44.2 Å². The van der Waals surface area contributed by atoms with Gasteiger partial charge in [-0.15, -0.1) is 0 Å². The molecule has 1 aliphatic rings. The van der Waals surface area contributed by atoms with Crippen LogP contribution in [0.3, 0.4) is 0 Å². The average molecular weight is 597 g/mol. The summed E-state index contributed by atoms with van der Waals surface area (Å²) in [6.07, 6.45) is 4.39. The van der Waals surface area contributed by atoms with Gasteiger partial charge in [0.15, 0.2) is 11.5 Å². The lowest BCUT2D eigenvalue weighted by molar-refractivity contribution is -0.127. The van der Waals surface area contributed by atoms with Gasteiger partial charge in [0.1, 0.15) is 35.0 Å². The molecule has 1 amide bonds. The Balaban J connectivity index is 1.43. The van der Waals surface area contributed by atoms with Crippen molar-refractivity contribution in [1.29, 1.82) is 5.26 Å². The van der Waals surface area contributed by atoms with Crippen molar-refractivity contribution in [1.82, 2.24) is 29.3 Å². The maximum atomic E-state index is 14.0. The fraction of sp³-hybridized carbons (Fsp3) is 0.344. The molecule has 0 aliphatic carbocycles. The molecular formula is C32H36N8O4. The minimum Gasteiger partial charge on any atom is -0.457 e. The van der Waals surface area contributed by atoms with E-state index in [2.05, 4.69) is 21.4 Å². The summed E-state index contributed by atoms with van der Waals surface area (Å²) in [5.41, 5.74) is 6.68. The molecule has 3 N–H and O–H groups in total. The number of anilines is 1. The Morgan fingerprint density at radius 2 is 1.89 bits per heavy atom. The van der Waals surface area contributed by atoms with Crippen molar-refractivity contribution in [2.75, 3.05) is 32.5 Å². The van der Waals surface area contributed by atoms with E-state index < -0.39 is 5.54 Å². The monoisotopic (exact) mass is 596 g/mol. The quantitative estimate of drug-likeness (QED) is 0.151. The van der Waals surface area contributed by atoms with Crippen LogP contribution in [-0.4, -0.2) is 68.3 Å². The van der Waals surface area contributed by atoms with E-state index in [9.17, 15) is 14.9 Å². The van der Waals surface area contributed by atoms with Crippen LogP contribution in [0.5, 0.6) is 11.5 Å². The van der Waals surface area contributed by atoms with Crippen molar-refractivity contribution in [2.45, 2.75) is 44.8 Å². The number of likely N-dealkylation sites (tertiary alicyclic amines) is 1. The first-order valence-electron chi connectivity index (χ1n) is 14.5. The number of aromatic nitrogens is 4. The predicted octanol–water partition coefficient (Wildman–Crippen LogP) is 3.41. The van der Waals surface area contributed by atoms with Crippen molar-refractivity contribution < 1.29 is 14.3 Å². The van der Waals surface area contributed by atoms with Crippen molar-refractivity contribution in [3.8, 4) is 23.3 Å². The highest BCUT2D eigenvalue weighted by molar-refractivity contribution is 5.97. The minimum absolute atomic E-state index is 0.0472. The fourth-order valence-corrected chi connectivity index (χ4v) is 5.48. The molecule has 0 spiro atoms. The lowest BCUT2D eigenvalue weighted by Crippen LogP contribution is -2.43. The number of fused-ring (bicyclic) bond motifs is 1. The Bertz CT molecular complexity index is 1750. The Morgan fingerprint density at radius 1 is 1.16 bits per heavy atom. The van der Waals surface area contributed by atoms with Crippen LogP contribution in [0.15, 0.2) is 77.4 Å². The van der Waals surface area contributed by atoms with Gasteiger partial charge in [-0.25, -0.2) is 14.8 Å². The number of benzene rings is 2. The molecule has 44 heavy (non-hydrogen) atoms. The number of rotatable bonds is 11. The fourth-order valence-electron chi connectivity index (χ4n) is 5.48. The molecule has 1 aliphatic heterocycles. The molecule has 4 aromatic rings. The van der Waals surface area contributed by atoms with E-state index in [1.165, 1.54) is 15.5 Å². The summed E-state index contributed by atoms with van der Waals surface area (Å²) in [6.45, 7) is 5.53. The molecule has 228 valence electrons. The molecule has 1 fully saturated rings. The smallest absolute Gasteiger partial charge is 0.335 e. The Kier molecular flexibility index (Phi) is 9.08. The number of nitrogens with zero attached hydrogens (tertiary/aromatic N) is 6. The van der Waals surface area contributed by atoms with Crippen molar-refractivity contribution in [3.63, 3.8) is 0 Å². The number of nitrogens with two attached hydrogens (primary N) is 1. The lowest BCUT2D eigenvalue weighted by atomic mass is 10.0. The van der Waals surface area contributed by atoms with E-state index in [0.29, 0.717) is 54.5 Å². The number of ether oxygens (including phenoxy) is 2. The third-order valence-corrected chi connectivity index (χ3v) is 7.58. The van der Waals surface area contributed by atoms with E-state index >= 15 is 0 Å². The van der Waals surface area contributed by atoms with Crippen molar-refractivity contribution >= 4 is 22.9 Å². The normalized spacial score (nSPS) is 15.5. The topological polar surface area (TPSA) is 153 Å². The van der Waals surface area contributed by atoms with Gasteiger partial charge in [-0.1, -0.05) is 18.2 Å². The summed E-state index contributed by atoms with van der Waals surface area (Å²) in [6, 6.07) is 18.3. The zero-order valence-corrected chi connectivity index (χ0v) is 25.1. The Labute approximate surface area is 255 Å². The molecule has 3 heterocycles. The van der Waals surface area contributed by atoms with E-state index in [0.717, 1.165) is 6.42 Å². The van der Waals surface area contributed by atoms with Crippen LogP contribution in [0.1, 0.15) is 26.7 Å². The van der Waals surface area contributed by atoms with Gasteiger partial charge in [0.25, 0.3) is 5.91 Å². The van der Waals surface area contributed by atoms with Gasteiger partial charge in [-0.05, 0) is 69.2 Å². The molecule has 1 atom stereocenters. The summed E-state index contributed by atoms with van der Waals surface area (Å²) in [5, 5.41) is 13.2. The van der Waals surface area contributed by atoms with Crippen LogP contribution in [0.4, 0.5) is 5.82 Å². The van der Waals surface area contributed by atoms with Gasteiger partial charge in [0, 0.05) is 32.3 Å². The molecule has 2 aromatic heterocycles.